The van der Waals surface area contributed by atoms with Crippen molar-refractivity contribution in [2.24, 2.45) is 23.7 Å². The Kier molecular flexibility index (Phi) is 8.29. The summed E-state index contributed by atoms with van der Waals surface area (Å²) in [5, 5.41) is 0. The molecule has 158 valence electrons. The van der Waals surface area contributed by atoms with Crippen LogP contribution in [0.4, 0.5) is 13.2 Å². The predicted molar refractivity (Wildman–Crippen MR) is 110 cm³/mol. The Balaban J connectivity index is 1.31. The van der Waals surface area contributed by atoms with E-state index in [0.29, 0.717) is 12.0 Å². The molecule has 2 saturated carbocycles. The molecule has 0 atom stereocenters. The maximum atomic E-state index is 13.3. The number of unbranched alkanes of at least 4 members (excludes halogenated alkanes) is 1. The number of aryl methyl sites for hydroxylation is 1. The Hall–Kier alpha value is -0.990. The van der Waals surface area contributed by atoms with Gasteiger partial charge in [-0.25, -0.2) is 13.2 Å². The molecular weight excluding hydrogens is 357 g/mol. The van der Waals surface area contributed by atoms with Gasteiger partial charge >= 0.3 is 0 Å². The van der Waals surface area contributed by atoms with E-state index in [1.165, 1.54) is 70.6 Å². The van der Waals surface area contributed by atoms with Crippen LogP contribution in [0.25, 0.3) is 0 Å². The fourth-order valence-corrected chi connectivity index (χ4v) is 5.82. The first-order chi connectivity index (χ1) is 13.6. The van der Waals surface area contributed by atoms with Crippen LogP contribution in [0, 0.1) is 41.1 Å². The molecule has 0 nitrogen and oxygen atoms in total. The quantitative estimate of drug-likeness (QED) is 0.308. The summed E-state index contributed by atoms with van der Waals surface area (Å²) in [6, 6.07) is 2.28. The molecule has 3 heteroatoms. The highest BCUT2D eigenvalue weighted by Gasteiger charge is 2.30. The van der Waals surface area contributed by atoms with Crippen molar-refractivity contribution < 1.29 is 13.2 Å². The van der Waals surface area contributed by atoms with Crippen LogP contribution >= 0.6 is 0 Å². The van der Waals surface area contributed by atoms with E-state index < -0.39 is 17.5 Å². The summed E-state index contributed by atoms with van der Waals surface area (Å²) in [6.45, 7) is 2.31. The van der Waals surface area contributed by atoms with Gasteiger partial charge in [-0.1, -0.05) is 58.3 Å². The van der Waals surface area contributed by atoms with Gasteiger partial charge in [0.1, 0.15) is 0 Å². The third-order valence-electron chi connectivity index (χ3n) is 7.52. The van der Waals surface area contributed by atoms with Gasteiger partial charge in [-0.3, -0.25) is 0 Å². The van der Waals surface area contributed by atoms with Crippen molar-refractivity contribution >= 4 is 0 Å². The number of hydrogen-bond donors (Lipinski definition) is 0. The number of rotatable bonds is 8. The molecule has 0 radical (unpaired) electrons. The molecule has 0 amide bonds. The minimum atomic E-state index is -1.36. The van der Waals surface area contributed by atoms with Gasteiger partial charge < -0.3 is 0 Å². The van der Waals surface area contributed by atoms with Gasteiger partial charge in [0.05, 0.1) is 0 Å². The monoisotopic (exact) mass is 394 g/mol. The van der Waals surface area contributed by atoms with Crippen molar-refractivity contribution in [2.75, 3.05) is 0 Å². The molecule has 0 heterocycles. The topological polar surface area (TPSA) is 0 Å². The van der Waals surface area contributed by atoms with Crippen molar-refractivity contribution in [1.82, 2.24) is 0 Å². The van der Waals surface area contributed by atoms with E-state index in [4.69, 9.17) is 0 Å². The number of benzene rings is 1. The Morgan fingerprint density at radius 3 is 1.71 bits per heavy atom. The molecule has 0 aromatic heterocycles. The summed E-state index contributed by atoms with van der Waals surface area (Å²) in [7, 11) is 0. The van der Waals surface area contributed by atoms with E-state index in [0.717, 1.165) is 48.6 Å². The summed E-state index contributed by atoms with van der Waals surface area (Å²) in [5.74, 6) is 0.268. The van der Waals surface area contributed by atoms with Gasteiger partial charge in [0.15, 0.2) is 17.5 Å². The van der Waals surface area contributed by atoms with Gasteiger partial charge in [-0.2, -0.15) is 0 Å². The fourth-order valence-electron chi connectivity index (χ4n) is 5.82. The fraction of sp³-hybridized carbons (Fsp3) is 0.760. The molecule has 0 saturated heterocycles. The first-order valence-corrected chi connectivity index (χ1v) is 11.7. The van der Waals surface area contributed by atoms with Crippen molar-refractivity contribution in [2.45, 2.75) is 96.8 Å². The minimum absolute atomic E-state index is 0.568. The molecule has 1 aromatic carbocycles. The second kappa shape index (κ2) is 10.7. The normalized spacial score (nSPS) is 28.4. The van der Waals surface area contributed by atoms with Crippen LogP contribution in [0.2, 0.25) is 0 Å². The van der Waals surface area contributed by atoms with Gasteiger partial charge in [0.25, 0.3) is 0 Å². The Bertz CT molecular complexity index is 573. The smallest absolute Gasteiger partial charge is 0.194 e. The van der Waals surface area contributed by atoms with Crippen molar-refractivity contribution in [3.8, 4) is 0 Å². The van der Waals surface area contributed by atoms with Crippen LogP contribution in [0.5, 0.6) is 0 Å². The first kappa shape index (κ1) is 21.7. The minimum Gasteiger partial charge on any atom is -0.204 e. The summed E-state index contributed by atoms with van der Waals surface area (Å²) >= 11 is 0. The molecular formula is C25H37F3. The van der Waals surface area contributed by atoms with E-state index in [1.54, 1.807) is 0 Å². The molecule has 1 aromatic rings. The largest absolute Gasteiger partial charge is 0.204 e. The summed E-state index contributed by atoms with van der Waals surface area (Å²) in [4.78, 5) is 0. The van der Waals surface area contributed by atoms with Gasteiger partial charge in [0.2, 0.25) is 0 Å². The third-order valence-corrected chi connectivity index (χ3v) is 7.52. The lowest BCUT2D eigenvalue weighted by atomic mass is 9.68. The van der Waals surface area contributed by atoms with E-state index in [9.17, 15) is 13.2 Å². The summed E-state index contributed by atoms with van der Waals surface area (Å²) < 4.78 is 39.6. The molecule has 2 aliphatic rings. The van der Waals surface area contributed by atoms with Gasteiger partial charge in [-0.15, -0.1) is 0 Å². The van der Waals surface area contributed by atoms with E-state index in [-0.39, 0.29) is 0 Å². The molecule has 3 rings (SSSR count). The van der Waals surface area contributed by atoms with Crippen LogP contribution in [-0.2, 0) is 6.42 Å². The standard InChI is InChI=1S/C25H37F3/c1-2-5-18-8-12-21(13-9-18)22-14-10-19(11-15-22)6-3-4-7-20-16-23(26)25(28)24(27)17-20/h16-19,21-22H,2-15H2,1H3/t18-,19-,21-,22-. The highest BCUT2D eigenvalue weighted by atomic mass is 19.2. The average molecular weight is 395 g/mol. The lowest BCUT2D eigenvalue weighted by Crippen LogP contribution is -2.25. The molecule has 28 heavy (non-hydrogen) atoms. The molecule has 0 spiro atoms. The van der Waals surface area contributed by atoms with Crippen LogP contribution in [-0.4, -0.2) is 0 Å². The lowest BCUT2D eigenvalue weighted by molar-refractivity contribution is 0.140. The SMILES string of the molecule is CCC[C@H]1CC[C@H]([C@H]2CC[C@H](CCCCc3cc(F)c(F)c(F)c3)CC2)CC1. The summed E-state index contributed by atoms with van der Waals surface area (Å²) in [6.07, 6.45) is 18.0. The highest BCUT2D eigenvalue weighted by Crippen LogP contribution is 2.43. The molecule has 0 unspecified atom stereocenters. The lowest BCUT2D eigenvalue weighted by Gasteiger charge is -2.38. The molecule has 2 aliphatic carbocycles. The van der Waals surface area contributed by atoms with E-state index >= 15 is 0 Å². The second-order valence-corrected chi connectivity index (χ2v) is 9.47. The zero-order chi connectivity index (χ0) is 19.9. The highest BCUT2D eigenvalue weighted by molar-refractivity contribution is 5.19. The molecule has 0 aliphatic heterocycles. The Labute approximate surface area is 169 Å². The zero-order valence-electron chi connectivity index (χ0n) is 17.5. The number of hydrogen-bond acceptors (Lipinski definition) is 0. The maximum absolute atomic E-state index is 13.3. The zero-order valence-corrected chi connectivity index (χ0v) is 17.5. The van der Waals surface area contributed by atoms with Crippen LogP contribution in [0.3, 0.4) is 0 Å². The molecule has 2 fully saturated rings. The van der Waals surface area contributed by atoms with E-state index in [2.05, 4.69) is 6.92 Å². The number of halogens is 3. The Morgan fingerprint density at radius 2 is 1.21 bits per heavy atom. The van der Waals surface area contributed by atoms with Gasteiger partial charge in [0, 0.05) is 0 Å². The average Bonchev–Trinajstić information content (AvgIpc) is 2.71. The molecule has 0 N–H and O–H groups in total. The summed E-state index contributed by atoms with van der Waals surface area (Å²) in [5.41, 5.74) is 0.568. The van der Waals surface area contributed by atoms with E-state index in [1.807, 2.05) is 0 Å². The predicted octanol–water partition coefficient (Wildman–Crippen LogP) is 8.23. The second-order valence-electron chi connectivity index (χ2n) is 9.47. The maximum Gasteiger partial charge on any atom is 0.194 e. The third kappa shape index (κ3) is 6.00. The van der Waals surface area contributed by atoms with Crippen molar-refractivity contribution in [3.05, 3.63) is 35.1 Å². The Morgan fingerprint density at radius 1 is 0.714 bits per heavy atom. The first-order valence-electron chi connectivity index (χ1n) is 11.7. The van der Waals surface area contributed by atoms with Crippen LogP contribution in [0.15, 0.2) is 12.1 Å². The van der Waals surface area contributed by atoms with Gasteiger partial charge in [-0.05, 0) is 79.9 Å². The van der Waals surface area contributed by atoms with Crippen LogP contribution < -0.4 is 0 Å². The van der Waals surface area contributed by atoms with Crippen molar-refractivity contribution in [1.29, 1.82) is 0 Å². The molecule has 0 bridgehead atoms. The van der Waals surface area contributed by atoms with Crippen molar-refractivity contribution in [3.63, 3.8) is 0 Å². The van der Waals surface area contributed by atoms with Crippen LogP contribution in [0.1, 0.15) is 96.0 Å².